The number of carbonyl (C=O) groups is 1. The Morgan fingerprint density at radius 2 is 2.12 bits per heavy atom. The summed E-state index contributed by atoms with van der Waals surface area (Å²) in [5, 5.41) is 8.97. The van der Waals surface area contributed by atoms with Crippen LogP contribution in [0.15, 0.2) is 24.3 Å². The number of hydrogen-bond acceptors (Lipinski definition) is 4. The molecule has 0 amide bonds. The Kier molecular flexibility index (Phi) is 5.71. The van der Waals surface area contributed by atoms with Gasteiger partial charge in [-0.3, -0.25) is 9.69 Å². The SMILES string of the molecule is CN(CC(=O)O)C1CCCN(CCc2nc3ccccc3n2C)CC1. The number of rotatable bonds is 6. The van der Waals surface area contributed by atoms with Gasteiger partial charge >= 0.3 is 5.97 Å². The number of aryl methyl sites for hydroxylation is 1. The fraction of sp³-hybridized carbons (Fsp3) is 0.579. The second-order valence-corrected chi connectivity index (χ2v) is 7.06. The molecule has 3 rings (SSSR count). The van der Waals surface area contributed by atoms with E-state index < -0.39 is 5.97 Å². The van der Waals surface area contributed by atoms with Crippen molar-refractivity contribution in [3.8, 4) is 0 Å². The minimum Gasteiger partial charge on any atom is -0.480 e. The number of hydrogen-bond donors (Lipinski definition) is 1. The van der Waals surface area contributed by atoms with Gasteiger partial charge in [0.2, 0.25) is 0 Å². The monoisotopic (exact) mass is 344 g/mol. The van der Waals surface area contributed by atoms with Crippen LogP contribution in [0.3, 0.4) is 0 Å². The van der Waals surface area contributed by atoms with Crippen LogP contribution in [-0.2, 0) is 18.3 Å². The molecule has 136 valence electrons. The van der Waals surface area contributed by atoms with Gasteiger partial charge < -0.3 is 14.6 Å². The fourth-order valence-corrected chi connectivity index (χ4v) is 3.82. The van der Waals surface area contributed by atoms with Crippen molar-refractivity contribution in [3.63, 3.8) is 0 Å². The van der Waals surface area contributed by atoms with Crippen molar-refractivity contribution >= 4 is 17.0 Å². The maximum absolute atomic E-state index is 10.9. The molecule has 0 saturated carbocycles. The summed E-state index contributed by atoms with van der Waals surface area (Å²) >= 11 is 0. The van der Waals surface area contributed by atoms with Crippen LogP contribution in [-0.4, -0.2) is 69.7 Å². The molecule has 2 aromatic rings. The quantitative estimate of drug-likeness (QED) is 0.868. The molecule has 6 heteroatoms. The lowest BCUT2D eigenvalue weighted by Crippen LogP contribution is -2.36. The van der Waals surface area contributed by atoms with Gasteiger partial charge in [-0.25, -0.2) is 4.98 Å². The highest BCUT2D eigenvalue weighted by Gasteiger charge is 2.21. The highest BCUT2D eigenvalue weighted by atomic mass is 16.4. The predicted octanol–water partition coefficient (Wildman–Crippen LogP) is 1.99. The number of aromatic nitrogens is 2. The van der Waals surface area contributed by atoms with Gasteiger partial charge in [0.25, 0.3) is 0 Å². The van der Waals surface area contributed by atoms with Crippen molar-refractivity contribution in [1.82, 2.24) is 19.4 Å². The van der Waals surface area contributed by atoms with Gasteiger partial charge in [0.05, 0.1) is 17.6 Å². The van der Waals surface area contributed by atoms with E-state index in [2.05, 4.69) is 34.7 Å². The molecule has 1 N–H and O–H groups in total. The second-order valence-electron chi connectivity index (χ2n) is 7.06. The Bertz CT molecular complexity index is 727. The third-order valence-electron chi connectivity index (χ3n) is 5.33. The smallest absolute Gasteiger partial charge is 0.317 e. The normalized spacial score (nSPS) is 19.4. The van der Waals surface area contributed by atoms with E-state index in [1.807, 2.05) is 18.0 Å². The molecule has 1 aliphatic rings. The maximum Gasteiger partial charge on any atom is 0.317 e. The van der Waals surface area contributed by atoms with Crippen LogP contribution in [0.25, 0.3) is 11.0 Å². The van der Waals surface area contributed by atoms with E-state index in [1.165, 1.54) is 5.52 Å². The lowest BCUT2D eigenvalue weighted by Gasteiger charge is -2.25. The molecule has 0 radical (unpaired) electrons. The summed E-state index contributed by atoms with van der Waals surface area (Å²) in [5.74, 6) is 0.385. The summed E-state index contributed by atoms with van der Waals surface area (Å²) in [4.78, 5) is 20.1. The average molecular weight is 344 g/mol. The number of likely N-dealkylation sites (tertiary alicyclic amines) is 1. The standard InChI is InChI=1S/C19H28N4O2/c1-21(14-19(24)25)15-6-5-11-23(12-9-15)13-10-18-20-16-7-3-4-8-17(16)22(18)2/h3-4,7-8,15H,5-6,9-14H2,1-2H3,(H,24,25). The molecule has 6 nitrogen and oxygen atoms in total. The lowest BCUT2D eigenvalue weighted by atomic mass is 10.1. The summed E-state index contributed by atoms with van der Waals surface area (Å²) < 4.78 is 2.19. The molecule has 0 bridgehead atoms. The number of fused-ring (bicyclic) bond motifs is 1. The number of carboxylic acid groups (broad SMARTS) is 1. The lowest BCUT2D eigenvalue weighted by molar-refractivity contribution is -0.138. The minimum atomic E-state index is -0.745. The van der Waals surface area contributed by atoms with Gasteiger partial charge in [-0.05, 0) is 51.5 Å². The number of imidazole rings is 1. The molecular formula is C19H28N4O2. The van der Waals surface area contributed by atoms with Gasteiger partial charge in [0.15, 0.2) is 0 Å². The molecule has 1 saturated heterocycles. The second kappa shape index (κ2) is 7.97. The number of likely N-dealkylation sites (N-methyl/N-ethyl adjacent to an activating group) is 1. The third-order valence-corrected chi connectivity index (χ3v) is 5.33. The Morgan fingerprint density at radius 3 is 2.88 bits per heavy atom. The van der Waals surface area contributed by atoms with Crippen molar-refractivity contribution in [3.05, 3.63) is 30.1 Å². The van der Waals surface area contributed by atoms with E-state index in [9.17, 15) is 4.79 Å². The zero-order chi connectivity index (χ0) is 17.8. The van der Waals surface area contributed by atoms with Crippen LogP contribution >= 0.6 is 0 Å². The Morgan fingerprint density at radius 1 is 1.32 bits per heavy atom. The zero-order valence-corrected chi connectivity index (χ0v) is 15.2. The summed E-state index contributed by atoms with van der Waals surface area (Å²) in [6.45, 7) is 3.25. The number of benzene rings is 1. The number of aliphatic carboxylic acids is 1. The Hall–Kier alpha value is -1.92. The van der Waals surface area contributed by atoms with E-state index in [0.29, 0.717) is 6.04 Å². The highest BCUT2D eigenvalue weighted by molar-refractivity contribution is 5.75. The molecule has 0 aliphatic carbocycles. The molecule has 1 aromatic heterocycles. The van der Waals surface area contributed by atoms with Gasteiger partial charge in [-0.15, -0.1) is 0 Å². The molecule has 1 aliphatic heterocycles. The van der Waals surface area contributed by atoms with Crippen molar-refractivity contribution < 1.29 is 9.90 Å². The summed E-state index contributed by atoms with van der Waals surface area (Å²) in [5.41, 5.74) is 2.25. The molecule has 1 aromatic carbocycles. The first-order valence-electron chi connectivity index (χ1n) is 9.09. The Balaban J connectivity index is 1.55. The van der Waals surface area contributed by atoms with E-state index in [-0.39, 0.29) is 6.54 Å². The minimum absolute atomic E-state index is 0.129. The number of carboxylic acids is 1. The van der Waals surface area contributed by atoms with Crippen molar-refractivity contribution in [2.24, 2.45) is 7.05 Å². The molecule has 0 spiro atoms. The van der Waals surface area contributed by atoms with Gasteiger partial charge in [-0.1, -0.05) is 12.1 Å². The maximum atomic E-state index is 10.9. The van der Waals surface area contributed by atoms with E-state index in [4.69, 9.17) is 10.1 Å². The van der Waals surface area contributed by atoms with Gasteiger partial charge in [0, 0.05) is 26.1 Å². The van der Waals surface area contributed by atoms with Crippen molar-refractivity contribution in [2.45, 2.75) is 31.7 Å². The van der Waals surface area contributed by atoms with E-state index in [1.54, 1.807) is 0 Å². The molecule has 25 heavy (non-hydrogen) atoms. The Labute approximate surface area is 149 Å². The predicted molar refractivity (Wildman–Crippen MR) is 98.8 cm³/mol. The zero-order valence-electron chi connectivity index (χ0n) is 15.2. The largest absolute Gasteiger partial charge is 0.480 e. The highest BCUT2D eigenvalue weighted by Crippen LogP contribution is 2.18. The molecule has 1 fully saturated rings. The van der Waals surface area contributed by atoms with Gasteiger partial charge in [-0.2, -0.15) is 0 Å². The van der Waals surface area contributed by atoms with Crippen molar-refractivity contribution in [2.75, 3.05) is 33.2 Å². The average Bonchev–Trinajstić information content (AvgIpc) is 2.76. The molecule has 1 unspecified atom stereocenters. The van der Waals surface area contributed by atoms with Crippen LogP contribution in [0.2, 0.25) is 0 Å². The van der Waals surface area contributed by atoms with Crippen LogP contribution < -0.4 is 0 Å². The number of para-hydroxylation sites is 2. The van der Waals surface area contributed by atoms with Gasteiger partial charge in [0.1, 0.15) is 5.82 Å². The third kappa shape index (κ3) is 4.38. The molecular weight excluding hydrogens is 316 g/mol. The molecule has 1 atom stereocenters. The fourth-order valence-electron chi connectivity index (χ4n) is 3.82. The van der Waals surface area contributed by atoms with Crippen molar-refractivity contribution in [1.29, 1.82) is 0 Å². The molecule has 2 heterocycles. The first-order valence-corrected chi connectivity index (χ1v) is 9.09. The summed E-state index contributed by atoms with van der Waals surface area (Å²) in [7, 11) is 4.01. The van der Waals surface area contributed by atoms with Crippen LogP contribution in [0.5, 0.6) is 0 Å². The number of nitrogens with zero attached hydrogens (tertiary/aromatic N) is 4. The van der Waals surface area contributed by atoms with E-state index >= 15 is 0 Å². The van der Waals surface area contributed by atoms with Crippen LogP contribution in [0.4, 0.5) is 0 Å². The van der Waals surface area contributed by atoms with E-state index in [0.717, 1.165) is 56.7 Å². The first kappa shape index (κ1) is 17.9. The van der Waals surface area contributed by atoms with Crippen LogP contribution in [0, 0.1) is 0 Å². The summed E-state index contributed by atoms with van der Waals surface area (Å²) in [6.07, 6.45) is 4.18. The summed E-state index contributed by atoms with van der Waals surface area (Å²) in [6, 6.07) is 8.63. The van der Waals surface area contributed by atoms with Crippen LogP contribution in [0.1, 0.15) is 25.1 Å². The first-order chi connectivity index (χ1) is 12.0. The topological polar surface area (TPSA) is 61.6 Å².